The molecule has 3 rings (SSSR count). The molecule has 1 N–H and O–H groups in total. The summed E-state index contributed by atoms with van der Waals surface area (Å²) in [7, 11) is 0. The van der Waals surface area contributed by atoms with Crippen molar-refractivity contribution in [3.63, 3.8) is 0 Å². The van der Waals surface area contributed by atoms with E-state index in [1.807, 2.05) is 55.5 Å². The number of benzene rings is 3. The number of nitrogens with zero attached hydrogens (tertiary/aromatic N) is 1. The van der Waals surface area contributed by atoms with Gasteiger partial charge >= 0.3 is 0 Å². The van der Waals surface area contributed by atoms with Gasteiger partial charge in [0.1, 0.15) is 17.6 Å². The predicted molar refractivity (Wildman–Crippen MR) is 143 cm³/mol. The zero-order valence-electron chi connectivity index (χ0n) is 20.8. The van der Waals surface area contributed by atoms with Crippen molar-refractivity contribution in [2.75, 3.05) is 13.2 Å². The first kappa shape index (κ1) is 27.4. The molecule has 3 aromatic rings. The Labute approximate surface area is 220 Å². The summed E-state index contributed by atoms with van der Waals surface area (Å²) in [4.78, 5) is 28.1. The van der Waals surface area contributed by atoms with E-state index < -0.39 is 17.8 Å². The van der Waals surface area contributed by atoms with Gasteiger partial charge < -0.3 is 15.0 Å². The second-order valence-electron chi connectivity index (χ2n) is 8.85. The number of ether oxygens (including phenoxy) is 1. The van der Waals surface area contributed by atoms with E-state index in [0.29, 0.717) is 30.2 Å². The first-order valence-corrected chi connectivity index (χ1v) is 12.9. The Balaban J connectivity index is 1.89. The lowest BCUT2D eigenvalue weighted by Crippen LogP contribution is -2.51. The molecule has 0 spiro atoms. The van der Waals surface area contributed by atoms with E-state index in [2.05, 4.69) is 35.1 Å². The molecule has 0 heterocycles. The third-order valence-corrected chi connectivity index (χ3v) is 6.51. The second-order valence-corrected chi connectivity index (χ2v) is 9.70. The highest BCUT2D eigenvalue weighted by molar-refractivity contribution is 9.10. The Morgan fingerprint density at radius 3 is 2.36 bits per heavy atom. The van der Waals surface area contributed by atoms with Crippen LogP contribution in [0, 0.1) is 5.82 Å². The van der Waals surface area contributed by atoms with Crippen LogP contribution in [0.25, 0.3) is 0 Å². The van der Waals surface area contributed by atoms with Crippen LogP contribution < -0.4 is 10.1 Å². The summed E-state index contributed by atoms with van der Waals surface area (Å²) in [5.74, 6) is -0.267. The Morgan fingerprint density at radius 1 is 1.03 bits per heavy atom. The SMILES string of the molecule is CCNC(=O)[C@@H](Cc1ccccc1)N(Cc1ccccc1F)C(=O)COc1ccc(C(C)C)cc1Br. The van der Waals surface area contributed by atoms with Gasteiger partial charge in [-0.1, -0.05) is 68.4 Å². The lowest BCUT2D eigenvalue weighted by Gasteiger charge is -2.31. The van der Waals surface area contributed by atoms with Gasteiger partial charge in [-0.2, -0.15) is 0 Å². The van der Waals surface area contributed by atoms with Crippen molar-refractivity contribution in [2.24, 2.45) is 0 Å². The summed E-state index contributed by atoms with van der Waals surface area (Å²) in [5.41, 5.74) is 2.37. The second kappa shape index (κ2) is 13.2. The average molecular weight is 555 g/mol. The highest BCUT2D eigenvalue weighted by atomic mass is 79.9. The predicted octanol–water partition coefficient (Wildman–Crippen LogP) is 5.87. The smallest absolute Gasteiger partial charge is 0.261 e. The molecule has 0 aromatic heterocycles. The van der Waals surface area contributed by atoms with Crippen LogP contribution in [0.2, 0.25) is 0 Å². The molecule has 190 valence electrons. The maximum Gasteiger partial charge on any atom is 0.261 e. The zero-order valence-corrected chi connectivity index (χ0v) is 22.4. The van der Waals surface area contributed by atoms with Gasteiger partial charge in [-0.15, -0.1) is 0 Å². The molecule has 5 nitrogen and oxygen atoms in total. The number of carbonyl (C=O) groups is 2. The summed E-state index contributed by atoms with van der Waals surface area (Å²) in [6, 6.07) is 20.6. The Morgan fingerprint density at radius 2 is 1.72 bits per heavy atom. The zero-order chi connectivity index (χ0) is 26.1. The molecule has 0 fully saturated rings. The lowest BCUT2D eigenvalue weighted by molar-refractivity contribution is -0.142. The van der Waals surface area contributed by atoms with Crippen LogP contribution in [0.15, 0.2) is 77.3 Å². The maximum absolute atomic E-state index is 14.6. The summed E-state index contributed by atoms with van der Waals surface area (Å²) in [6.07, 6.45) is 0.291. The number of hydrogen-bond donors (Lipinski definition) is 1. The van der Waals surface area contributed by atoms with E-state index in [1.54, 1.807) is 18.2 Å². The van der Waals surface area contributed by atoms with E-state index in [4.69, 9.17) is 4.74 Å². The first-order valence-electron chi connectivity index (χ1n) is 12.1. The molecule has 1 atom stereocenters. The van der Waals surface area contributed by atoms with Crippen LogP contribution in [0.4, 0.5) is 4.39 Å². The van der Waals surface area contributed by atoms with Gasteiger partial charge in [-0.05, 0) is 58.1 Å². The quantitative estimate of drug-likeness (QED) is 0.322. The van der Waals surface area contributed by atoms with Gasteiger partial charge in [0.15, 0.2) is 6.61 Å². The highest BCUT2D eigenvalue weighted by Gasteiger charge is 2.31. The van der Waals surface area contributed by atoms with E-state index in [0.717, 1.165) is 15.6 Å². The number of carbonyl (C=O) groups excluding carboxylic acids is 2. The molecular weight excluding hydrogens is 523 g/mol. The highest BCUT2D eigenvalue weighted by Crippen LogP contribution is 2.29. The molecule has 0 aliphatic carbocycles. The number of likely N-dealkylation sites (N-methyl/N-ethyl adjacent to an activating group) is 1. The molecule has 0 radical (unpaired) electrons. The van der Waals surface area contributed by atoms with Crippen LogP contribution in [0.5, 0.6) is 5.75 Å². The standard InChI is InChI=1S/C29H32BrFN2O3/c1-4-32-29(35)26(16-21-10-6-5-7-11-21)33(18-23-12-8-9-13-25(23)31)28(34)19-36-27-15-14-22(20(2)3)17-24(27)30/h5-15,17,20,26H,4,16,18-19H2,1-3H3,(H,32,35)/t26-/m1/s1. The van der Waals surface area contributed by atoms with Crippen molar-refractivity contribution >= 4 is 27.7 Å². The molecular formula is C29H32BrFN2O3. The van der Waals surface area contributed by atoms with Crippen LogP contribution in [-0.2, 0) is 22.6 Å². The number of amides is 2. The number of halogens is 2. The van der Waals surface area contributed by atoms with Crippen LogP contribution in [-0.4, -0.2) is 35.9 Å². The molecule has 0 bridgehead atoms. The molecule has 0 saturated heterocycles. The van der Waals surface area contributed by atoms with Crippen molar-refractivity contribution in [3.05, 3.63) is 99.8 Å². The minimum atomic E-state index is -0.838. The molecule has 0 unspecified atom stereocenters. The summed E-state index contributed by atoms with van der Waals surface area (Å²) < 4.78 is 21.2. The van der Waals surface area contributed by atoms with Crippen LogP contribution >= 0.6 is 15.9 Å². The van der Waals surface area contributed by atoms with Gasteiger partial charge in [0.05, 0.1) is 4.47 Å². The fourth-order valence-corrected chi connectivity index (χ4v) is 4.38. The van der Waals surface area contributed by atoms with Gasteiger partial charge in [-0.25, -0.2) is 4.39 Å². The van der Waals surface area contributed by atoms with Crippen molar-refractivity contribution in [1.29, 1.82) is 0 Å². The van der Waals surface area contributed by atoms with Crippen molar-refractivity contribution in [1.82, 2.24) is 10.2 Å². The largest absolute Gasteiger partial charge is 0.483 e. The van der Waals surface area contributed by atoms with Crippen LogP contribution in [0.3, 0.4) is 0 Å². The van der Waals surface area contributed by atoms with Crippen LogP contribution in [0.1, 0.15) is 43.4 Å². The Kier molecular flexibility index (Phi) is 10.1. The van der Waals surface area contributed by atoms with Crippen molar-refractivity contribution in [2.45, 2.75) is 45.7 Å². The van der Waals surface area contributed by atoms with Gasteiger partial charge in [0.25, 0.3) is 5.91 Å². The summed E-state index contributed by atoms with van der Waals surface area (Å²) in [5, 5.41) is 2.83. The Hall–Kier alpha value is -3.19. The molecule has 0 aliphatic rings. The fraction of sp³-hybridized carbons (Fsp3) is 0.310. The molecule has 3 aromatic carbocycles. The minimum absolute atomic E-state index is 0.0586. The van der Waals surface area contributed by atoms with Gasteiger partial charge in [0, 0.05) is 25.1 Å². The topological polar surface area (TPSA) is 58.6 Å². The summed E-state index contributed by atoms with van der Waals surface area (Å²) >= 11 is 3.52. The molecule has 0 saturated carbocycles. The number of hydrogen-bond acceptors (Lipinski definition) is 3. The summed E-state index contributed by atoms with van der Waals surface area (Å²) in [6.45, 7) is 6.08. The van der Waals surface area contributed by atoms with Crippen molar-refractivity contribution < 1.29 is 18.7 Å². The molecule has 36 heavy (non-hydrogen) atoms. The van der Waals surface area contributed by atoms with E-state index in [9.17, 15) is 14.0 Å². The normalized spacial score (nSPS) is 11.7. The van der Waals surface area contributed by atoms with E-state index in [-0.39, 0.29) is 19.1 Å². The molecule has 0 aliphatic heterocycles. The van der Waals surface area contributed by atoms with Gasteiger partial charge in [0.2, 0.25) is 5.91 Å². The molecule has 2 amide bonds. The third-order valence-electron chi connectivity index (χ3n) is 5.89. The minimum Gasteiger partial charge on any atom is -0.483 e. The van der Waals surface area contributed by atoms with Crippen molar-refractivity contribution in [3.8, 4) is 5.75 Å². The Bertz CT molecular complexity index is 1170. The van der Waals surface area contributed by atoms with E-state index >= 15 is 0 Å². The number of nitrogens with one attached hydrogen (secondary N) is 1. The van der Waals surface area contributed by atoms with E-state index in [1.165, 1.54) is 11.0 Å². The average Bonchev–Trinajstić information content (AvgIpc) is 2.87. The fourth-order valence-electron chi connectivity index (χ4n) is 3.87. The maximum atomic E-state index is 14.6. The van der Waals surface area contributed by atoms with Gasteiger partial charge in [-0.3, -0.25) is 9.59 Å². The first-order chi connectivity index (χ1) is 17.3. The lowest BCUT2D eigenvalue weighted by atomic mass is 10.0. The third kappa shape index (κ3) is 7.40. The molecule has 7 heteroatoms. The monoisotopic (exact) mass is 554 g/mol. The number of rotatable bonds is 11.